The Morgan fingerprint density at radius 1 is 1.07 bits per heavy atom. The zero-order valence-corrected chi connectivity index (χ0v) is 16.3. The predicted octanol–water partition coefficient (Wildman–Crippen LogP) is 2.37. The summed E-state index contributed by atoms with van der Waals surface area (Å²) in [5.41, 5.74) is 1.38. The maximum absolute atomic E-state index is 12.6. The molecule has 7 nitrogen and oxygen atoms in total. The number of nitrogens with one attached hydrogen (secondary N) is 1. The van der Waals surface area contributed by atoms with Crippen LogP contribution in [0.1, 0.15) is 5.56 Å². The van der Waals surface area contributed by atoms with Crippen LogP contribution in [0.4, 0.5) is 5.69 Å². The summed E-state index contributed by atoms with van der Waals surface area (Å²) in [4.78, 5) is 12.3. The summed E-state index contributed by atoms with van der Waals surface area (Å²) in [5.74, 6) is 0.427. The van der Waals surface area contributed by atoms with E-state index in [2.05, 4.69) is 5.32 Å². The largest absolute Gasteiger partial charge is 0.497 e. The lowest BCUT2D eigenvalue weighted by Crippen LogP contribution is -2.40. The second-order valence-electron chi connectivity index (χ2n) is 6.14. The Bertz CT molecular complexity index is 932. The second-order valence-corrected chi connectivity index (χ2v) is 8.07. The van der Waals surface area contributed by atoms with E-state index >= 15 is 0 Å². The number of methoxy groups -OCH3 is 1. The number of morpholine rings is 1. The van der Waals surface area contributed by atoms with Gasteiger partial charge in [0.05, 0.1) is 25.2 Å². The van der Waals surface area contributed by atoms with Crippen molar-refractivity contribution in [3.05, 3.63) is 60.2 Å². The standard InChI is InChI=1S/C20H22N2O5S/c1-26-18-7-5-17(6-8-18)21-20(23)11-4-16-2-9-19(10-3-16)28(24,25)22-12-14-27-15-13-22/h2-11H,12-15H2,1H3,(H,21,23)/b11-4+. The van der Waals surface area contributed by atoms with Gasteiger partial charge >= 0.3 is 0 Å². The molecule has 148 valence electrons. The SMILES string of the molecule is COc1ccc(NC(=O)/C=C/c2ccc(S(=O)(=O)N3CCOCC3)cc2)cc1. The number of amides is 1. The minimum absolute atomic E-state index is 0.231. The summed E-state index contributed by atoms with van der Waals surface area (Å²) in [7, 11) is -1.94. The maximum Gasteiger partial charge on any atom is 0.248 e. The van der Waals surface area contributed by atoms with Gasteiger partial charge in [-0.15, -0.1) is 0 Å². The lowest BCUT2D eigenvalue weighted by atomic mass is 10.2. The summed E-state index contributed by atoms with van der Waals surface area (Å²) in [6.07, 6.45) is 3.03. The van der Waals surface area contributed by atoms with Crippen molar-refractivity contribution in [1.29, 1.82) is 0 Å². The van der Waals surface area contributed by atoms with Crippen molar-refractivity contribution in [2.75, 3.05) is 38.7 Å². The molecule has 1 amide bonds. The van der Waals surface area contributed by atoms with Crippen LogP contribution in [0.25, 0.3) is 6.08 Å². The Kier molecular flexibility index (Phi) is 6.45. The number of anilines is 1. The molecule has 1 aliphatic rings. The van der Waals surface area contributed by atoms with Gasteiger partial charge in [0.1, 0.15) is 5.75 Å². The van der Waals surface area contributed by atoms with E-state index in [9.17, 15) is 13.2 Å². The highest BCUT2D eigenvalue weighted by Gasteiger charge is 2.25. The molecule has 0 aromatic heterocycles. The highest BCUT2D eigenvalue weighted by atomic mass is 32.2. The number of ether oxygens (including phenoxy) is 2. The molecule has 2 aromatic carbocycles. The minimum Gasteiger partial charge on any atom is -0.497 e. The van der Waals surface area contributed by atoms with Crippen molar-refractivity contribution < 1.29 is 22.7 Å². The monoisotopic (exact) mass is 402 g/mol. The van der Waals surface area contributed by atoms with Crippen LogP contribution in [0.2, 0.25) is 0 Å². The molecule has 1 heterocycles. The van der Waals surface area contributed by atoms with Gasteiger partial charge in [0.2, 0.25) is 15.9 Å². The third kappa shape index (κ3) is 4.98. The van der Waals surface area contributed by atoms with Gasteiger partial charge in [-0.25, -0.2) is 8.42 Å². The van der Waals surface area contributed by atoms with Crippen molar-refractivity contribution >= 4 is 27.7 Å². The molecular weight excluding hydrogens is 380 g/mol. The van der Waals surface area contributed by atoms with Crippen LogP contribution >= 0.6 is 0 Å². The lowest BCUT2D eigenvalue weighted by molar-refractivity contribution is -0.111. The first kappa shape index (κ1) is 20.1. The number of hydrogen-bond acceptors (Lipinski definition) is 5. The van der Waals surface area contributed by atoms with Crippen molar-refractivity contribution in [2.24, 2.45) is 0 Å². The third-order valence-corrected chi connectivity index (χ3v) is 6.19. The van der Waals surface area contributed by atoms with Crippen molar-refractivity contribution in [3.63, 3.8) is 0 Å². The minimum atomic E-state index is -3.52. The van der Waals surface area contributed by atoms with Gasteiger partial charge in [-0.3, -0.25) is 4.79 Å². The molecule has 1 saturated heterocycles. The Hall–Kier alpha value is -2.68. The molecule has 8 heteroatoms. The molecule has 1 aliphatic heterocycles. The molecule has 1 N–H and O–H groups in total. The highest BCUT2D eigenvalue weighted by Crippen LogP contribution is 2.18. The van der Waals surface area contributed by atoms with Gasteiger partial charge in [-0.05, 0) is 48.0 Å². The van der Waals surface area contributed by atoms with Crippen molar-refractivity contribution in [1.82, 2.24) is 4.31 Å². The summed E-state index contributed by atoms with van der Waals surface area (Å²) >= 11 is 0. The molecule has 0 saturated carbocycles. The van der Waals surface area contributed by atoms with Crippen LogP contribution in [-0.4, -0.2) is 52.0 Å². The maximum atomic E-state index is 12.6. The van der Waals surface area contributed by atoms with E-state index < -0.39 is 10.0 Å². The smallest absolute Gasteiger partial charge is 0.248 e. The fraction of sp³-hybridized carbons (Fsp3) is 0.250. The lowest BCUT2D eigenvalue weighted by Gasteiger charge is -2.26. The van der Waals surface area contributed by atoms with Gasteiger partial charge in [0.15, 0.2) is 0 Å². The van der Waals surface area contributed by atoms with Crippen LogP contribution < -0.4 is 10.1 Å². The molecular formula is C20H22N2O5S. The molecule has 0 radical (unpaired) electrons. The average molecular weight is 402 g/mol. The molecule has 0 spiro atoms. The van der Waals surface area contributed by atoms with Gasteiger partial charge < -0.3 is 14.8 Å². The number of hydrogen-bond donors (Lipinski definition) is 1. The van der Waals surface area contributed by atoms with Gasteiger partial charge in [-0.1, -0.05) is 12.1 Å². The predicted molar refractivity (Wildman–Crippen MR) is 107 cm³/mol. The fourth-order valence-electron chi connectivity index (χ4n) is 2.72. The Morgan fingerprint density at radius 2 is 1.71 bits per heavy atom. The van der Waals surface area contributed by atoms with E-state index in [0.29, 0.717) is 37.7 Å². The first-order valence-electron chi connectivity index (χ1n) is 8.80. The molecule has 2 aromatic rings. The zero-order valence-electron chi connectivity index (χ0n) is 15.5. The Balaban J connectivity index is 1.62. The summed E-state index contributed by atoms with van der Waals surface area (Å²) in [6.45, 7) is 1.53. The topological polar surface area (TPSA) is 84.9 Å². The van der Waals surface area contributed by atoms with Crippen LogP contribution in [0.3, 0.4) is 0 Å². The summed E-state index contributed by atoms with van der Waals surface area (Å²) in [5, 5.41) is 2.75. The zero-order chi connectivity index (χ0) is 20.0. The van der Waals surface area contributed by atoms with E-state index in [0.717, 1.165) is 5.56 Å². The average Bonchev–Trinajstić information content (AvgIpc) is 2.74. The van der Waals surface area contributed by atoms with Crippen molar-refractivity contribution in [2.45, 2.75) is 4.90 Å². The van der Waals surface area contributed by atoms with E-state index in [4.69, 9.17) is 9.47 Å². The molecule has 3 rings (SSSR count). The van der Waals surface area contributed by atoms with Crippen LogP contribution in [0, 0.1) is 0 Å². The van der Waals surface area contributed by atoms with Crippen LogP contribution in [0.15, 0.2) is 59.5 Å². The Labute approximate surface area is 164 Å². The van der Waals surface area contributed by atoms with Gasteiger partial charge in [0, 0.05) is 24.9 Å². The molecule has 0 unspecified atom stereocenters. The third-order valence-electron chi connectivity index (χ3n) is 4.27. The van der Waals surface area contributed by atoms with E-state index in [-0.39, 0.29) is 10.8 Å². The van der Waals surface area contributed by atoms with Crippen LogP contribution in [-0.2, 0) is 19.6 Å². The molecule has 28 heavy (non-hydrogen) atoms. The highest BCUT2D eigenvalue weighted by molar-refractivity contribution is 7.89. The summed E-state index contributed by atoms with van der Waals surface area (Å²) in [6, 6.07) is 13.4. The number of carbonyl (C=O) groups is 1. The van der Waals surface area contributed by atoms with Crippen LogP contribution in [0.5, 0.6) is 5.75 Å². The molecule has 0 atom stereocenters. The number of nitrogens with zero attached hydrogens (tertiary/aromatic N) is 1. The van der Waals surface area contributed by atoms with E-state index in [1.807, 2.05) is 0 Å². The molecule has 1 fully saturated rings. The second kappa shape index (κ2) is 9.01. The normalized spacial score (nSPS) is 15.5. The Morgan fingerprint density at radius 3 is 2.32 bits per heavy atom. The van der Waals surface area contributed by atoms with Crippen molar-refractivity contribution in [3.8, 4) is 5.75 Å². The number of rotatable bonds is 6. The molecule has 0 bridgehead atoms. The quantitative estimate of drug-likeness (QED) is 0.750. The fourth-order valence-corrected chi connectivity index (χ4v) is 4.13. The van der Waals surface area contributed by atoms with E-state index in [1.165, 1.54) is 10.4 Å². The molecule has 0 aliphatic carbocycles. The number of carbonyl (C=O) groups excluding carboxylic acids is 1. The van der Waals surface area contributed by atoms with Gasteiger partial charge in [-0.2, -0.15) is 4.31 Å². The first-order chi connectivity index (χ1) is 13.5. The van der Waals surface area contributed by atoms with E-state index in [1.54, 1.807) is 61.7 Å². The number of benzene rings is 2. The van der Waals surface area contributed by atoms with Gasteiger partial charge in [0.25, 0.3) is 0 Å². The summed E-state index contributed by atoms with van der Waals surface area (Å²) < 4.78 is 36.9. The first-order valence-corrected chi connectivity index (χ1v) is 10.2. The number of sulfonamides is 1.